The van der Waals surface area contributed by atoms with Crippen LogP contribution in [0.2, 0.25) is 0 Å². The molecule has 0 amide bonds. The summed E-state index contributed by atoms with van der Waals surface area (Å²) in [5.41, 5.74) is 10.7. The molecule has 6 heteroatoms. The third-order valence-corrected chi connectivity index (χ3v) is 4.48. The minimum absolute atomic E-state index is 0.418. The molecule has 0 radical (unpaired) electrons. The van der Waals surface area contributed by atoms with Gasteiger partial charge in [-0.2, -0.15) is 5.10 Å². The van der Waals surface area contributed by atoms with Crippen molar-refractivity contribution < 1.29 is 4.74 Å². The van der Waals surface area contributed by atoms with Gasteiger partial charge in [0.2, 0.25) is 5.13 Å². The summed E-state index contributed by atoms with van der Waals surface area (Å²) < 4.78 is 5.99. The van der Waals surface area contributed by atoms with Gasteiger partial charge >= 0.3 is 0 Å². The lowest BCUT2D eigenvalue weighted by atomic mass is 10.1. The smallest absolute Gasteiger partial charge is 0.205 e. The number of thiazole rings is 1. The maximum atomic E-state index is 5.99. The second-order valence-electron chi connectivity index (χ2n) is 5.36. The number of nitrogen functional groups attached to an aromatic ring is 1. The Labute approximate surface area is 134 Å². The highest BCUT2D eigenvalue weighted by atomic mass is 32.1. The monoisotopic (exact) mass is 316 g/mol. The number of ether oxygens (including phenoxy) is 1. The average molecular weight is 316 g/mol. The molecular weight excluding hydrogens is 296 g/mol. The summed E-state index contributed by atoms with van der Waals surface area (Å²) in [7, 11) is 0. The van der Waals surface area contributed by atoms with Gasteiger partial charge < -0.3 is 10.5 Å². The van der Waals surface area contributed by atoms with Crippen molar-refractivity contribution in [3.05, 3.63) is 40.8 Å². The van der Waals surface area contributed by atoms with Crippen LogP contribution in [0.15, 0.2) is 34.7 Å². The van der Waals surface area contributed by atoms with Crippen molar-refractivity contribution in [3.63, 3.8) is 0 Å². The summed E-state index contributed by atoms with van der Waals surface area (Å²) in [6, 6.07) is 8.15. The minimum Gasteiger partial charge on any atom is -0.383 e. The van der Waals surface area contributed by atoms with Crippen LogP contribution >= 0.6 is 11.3 Å². The molecule has 1 saturated carbocycles. The van der Waals surface area contributed by atoms with Crippen LogP contribution in [0.3, 0.4) is 0 Å². The second-order valence-corrected chi connectivity index (χ2v) is 6.22. The summed E-state index contributed by atoms with van der Waals surface area (Å²) in [5.74, 6) is 0.507. The number of nitrogens with two attached hydrogens (primary N) is 1. The molecule has 22 heavy (non-hydrogen) atoms. The number of aromatic nitrogens is 1. The normalized spacial score (nSPS) is 15.6. The van der Waals surface area contributed by atoms with Crippen LogP contribution in [0.5, 0.6) is 0 Å². The lowest BCUT2D eigenvalue weighted by Gasteiger charge is -2.12. The molecule has 1 aliphatic rings. The van der Waals surface area contributed by atoms with Crippen molar-refractivity contribution in [3.8, 4) is 0 Å². The molecular formula is C16H20N4OS. The fourth-order valence-corrected chi connectivity index (χ4v) is 3.10. The van der Waals surface area contributed by atoms with Gasteiger partial charge in [-0.05, 0) is 18.4 Å². The zero-order chi connectivity index (χ0) is 15.2. The van der Waals surface area contributed by atoms with Gasteiger partial charge in [0.1, 0.15) is 5.82 Å². The van der Waals surface area contributed by atoms with Crippen molar-refractivity contribution in [2.24, 2.45) is 5.10 Å². The number of benzene rings is 1. The summed E-state index contributed by atoms with van der Waals surface area (Å²) in [5, 5.41) is 6.69. The van der Waals surface area contributed by atoms with E-state index in [1.54, 1.807) is 11.6 Å². The number of nitrogens with zero attached hydrogens (tertiary/aromatic N) is 2. The fourth-order valence-electron chi connectivity index (χ4n) is 2.55. The van der Waals surface area contributed by atoms with Gasteiger partial charge in [-0.3, -0.25) is 5.43 Å². The number of anilines is 2. The van der Waals surface area contributed by atoms with E-state index in [9.17, 15) is 0 Å². The third kappa shape index (κ3) is 4.05. The van der Waals surface area contributed by atoms with E-state index >= 15 is 0 Å². The Morgan fingerprint density at radius 2 is 2.18 bits per heavy atom. The molecule has 0 bridgehead atoms. The molecule has 1 heterocycles. The van der Waals surface area contributed by atoms with Crippen LogP contribution in [-0.2, 0) is 11.3 Å². The molecule has 0 saturated heterocycles. The van der Waals surface area contributed by atoms with Crippen molar-refractivity contribution in [1.29, 1.82) is 0 Å². The topological polar surface area (TPSA) is 72.5 Å². The van der Waals surface area contributed by atoms with Crippen LogP contribution in [0, 0.1) is 0 Å². The SMILES string of the molecule is Nc1csc(NN=Cc2ccccc2COC2CCCC2)n1. The zero-order valence-electron chi connectivity index (χ0n) is 12.4. The Morgan fingerprint density at radius 3 is 2.95 bits per heavy atom. The number of hydrazone groups is 1. The van der Waals surface area contributed by atoms with Gasteiger partial charge in [0.05, 0.1) is 18.9 Å². The molecule has 1 aromatic carbocycles. The standard InChI is InChI=1S/C16H20N4OS/c17-15-11-22-16(19-15)20-18-9-12-5-1-2-6-13(12)10-21-14-7-3-4-8-14/h1-2,5-6,9,11,14H,3-4,7-8,10,17H2,(H,19,20). The lowest BCUT2D eigenvalue weighted by Crippen LogP contribution is -2.08. The van der Waals surface area contributed by atoms with Gasteiger partial charge in [-0.25, -0.2) is 4.98 Å². The van der Waals surface area contributed by atoms with Crippen LogP contribution in [0.4, 0.5) is 10.9 Å². The highest BCUT2D eigenvalue weighted by Gasteiger charge is 2.15. The molecule has 0 atom stereocenters. The Balaban J connectivity index is 1.60. The van der Waals surface area contributed by atoms with Gasteiger partial charge in [-0.15, -0.1) is 11.3 Å². The van der Waals surface area contributed by atoms with Crippen LogP contribution in [0.1, 0.15) is 36.8 Å². The van der Waals surface area contributed by atoms with E-state index in [1.165, 1.54) is 37.0 Å². The fraction of sp³-hybridized carbons (Fsp3) is 0.375. The predicted octanol–water partition coefficient (Wildman–Crippen LogP) is 3.63. The molecule has 1 aliphatic carbocycles. The maximum Gasteiger partial charge on any atom is 0.205 e. The van der Waals surface area contributed by atoms with E-state index in [1.807, 2.05) is 18.2 Å². The Hall–Kier alpha value is -1.92. The number of hydrogen-bond acceptors (Lipinski definition) is 6. The number of nitrogens with one attached hydrogen (secondary N) is 1. The first-order valence-electron chi connectivity index (χ1n) is 7.51. The Kier molecular flexibility index (Phi) is 5.03. The molecule has 0 spiro atoms. The molecule has 1 fully saturated rings. The van der Waals surface area contributed by atoms with E-state index in [0.717, 1.165) is 11.1 Å². The zero-order valence-corrected chi connectivity index (χ0v) is 13.2. The number of hydrogen-bond donors (Lipinski definition) is 2. The molecule has 0 unspecified atom stereocenters. The summed E-state index contributed by atoms with van der Waals surface area (Å²) >= 11 is 1.43. The number of rotatable bonds is 6. The van der Waals surface area contributed by atoms with Crippen molar-refractivity contribution >= 4 is 28.5 Å². The molecule has 116 valence electrons. The van der Waals surface area contributed by atoms with Gasteiger partial charge in [0.15, 0.2) is 0 Å². The largest absolute Gasteiger partial charge is 0.383 e. The Morgan fingerprint density at radius 1 is 1.36 bits per heavy atom. The predicted molar refractivity (Wildman–Crippen MR) is 91.2 cm³/mol. The summed E-state index contributed by atoms with van der Waals surface area (Å²) in [6.07, 6.45) is 7.15. The third-order valence-electron chi connectivity index (χ3n) is 3.72. The van der Waals surface area contributed by atoms with Crippen molar-refractivity contribution in [2.45, 2.75) is 38.4 Å². The van der Waals surface area contributed by atoms with Crippen molar-refractivity contribution in [2.75, 3.05) is 11.2 Å². The first kappa shape index (κ1) is 15.0. The molecule has 3 N–H and O–H groups in total. The van der Waals surface area contributed by atoms with E-state index < -0.39 is 0 Å². The summed E-state index contributed by atoms with van der Waals surface area (Å²) in [4.78, 5) is 4.10. The minimum atomic E-state index is 0.418. The molecule has 0 aliphatic heterocycles. The molecule has 3 rings (SSSR count). The van der Waals surface area contributed by atoms with Gasteiger partial charge in [-0.1, -0.05) is 37.1 Å². The first-order valence-corrected chi connectivity index (χ1v) is 8.39. The lowest BCUT2D eigenvalue weighted by molar-refractivity contribution is 0.0456. The van der Waals surface area contributed by atoms with Crippen LogP contribution in [-0.4, -0.2) is 17.3 Å². The molecule has 5 nitrogen and oxygen atoms in total. The van der Waals surface area contributed by atoms with E-state index in [4.69, 9.17) is 10.5 Å². The maximum absolute atomic E-state index is 5.99. The van der Waals surface area contributed by atoms with Gasteiger partial charge in [0.25, 0.3) is 0 Å². The van der Waals surface area contributed by atoms with Gasteiger partial charge in [0, 0.05) is 10.9 Å². The highest BCUT2D eigenvalue weighted by Crippen LogP contribution is 2.22. The van der Waals surface area contributed by atoms with E-state index in [-0.39, 0.29) is 0 Å². The molecule has 1 aromatic heterocycles. The quantitative estimate of drug-likeness (QED) is 0.630. The van der Waals surface area contributed by atoms with Crippen LogP contribution in [0.25, 0.3) is 0 Å². The highest BCUT2D eigenvalue weighted by molar-refractivity contribution is 7.14. The van der Waals surface area contributed by atoms with Crippen molar-refractivity contribution in [1.82, 2.24) is 4.98 Å². The van der Waals surface area contributed by atoms with Crippen LogP contribution < -0.4 is 11.2 Å². The first-order chi connectivity index (χ1) is 10.8. The summed E-state index contributed by atoms with van der Waals surface area (Å²) in [6.45, 7) is 0.636. The average Bonchev–Trinajstić information content (AvgIpc) is 3.18. The molecule has 2 aromatic rings. The Bertz CT molecular complexity index is 635. The van der Waals surface area contributed by atoms with E-state index in [2.05, 4.69) is 21.6 Å². The van der Waals surface area contributed by atoms with E-state index in [0.29, 0.717) is 23.7 Å². The second kappa shape index (κ2) is 7.38.